The fourth-order valence-electron chi connectivity index (χ4n) is 3.50. The van der Waals surface area contributed by atoms with Crippen LogP contribution in [0.5, 0.6) is 0 Å². The number of carbonyl (C=O) groups is 3. The maximum Gasteiger partial charge on any atom is 0.238 e. The molecule has 2 aromatic carbocycles. The quantitative estimate of drug-likeness (QED) is 0.337. The molecule has 0 radical (unpaired) electrons. The molecule has 0 bridgehead atoms. The van der Waals surface area contributed by atoms with Crippen molar-refractivity contribution in [1.82, 2.24) is 10.6 Å². The van der Waals surface area contributed by atoms with Crippen LogP contribution in [0.4, 0.5) is 5.69 Å². The minimum absolute atomic E-state index is 0. The molecule has 0 saturated heterocycles. The summed E-state index contributed by atoms with van der Waals surface area (Å²) < 4.78 is 0. The Balaban J connectivity index is 0.00000341. The second kappa shape index (κ2) is 12.3. The minimum atomic E-state index is -0.247. The molecule has 0 atom stereocenters. The molecule has 1 aliphatic carbocycles. The predicted octanol–water partition coefficient (Wildman–Crippen LogP) is 2.13. The zero-order chi connectivity index (χ0) is 21.3. The van der Waals surface area contributed by atoms with Crippen LogP contribution in [0, 0.1) is 0 Å². The van der Waals surface area contributed by atoms with Gasteiger partial charge in [0.25, 0.3) is 0 Å². The van der Waals surface area contributed by atoms with Gasteiger partial charge in [-0.25, -0.2) is 0 Å². The molecule has 0 aromatic heterocycles. The highest BCUT2D eigenvalue weighted by Gasteiger charge is 2.31. The van der Waals surface area contributed by atoms with Crippen LogP contribution in [-0.2, 0) is 4.79 Å². The third kappa shape index (κ3) is 6.21. The van der Waals surface area contributed by atoms with Gasteiger partial charge in [-0.3, -0.25) is 14.4 Å². The summed E-state index contributed by atoms with van der Waals surface area (Å²) in [6.45, 7) is 3.42. The Hall–Kier alpha value is -2.58. The second-order valence-corrected chi connectivity index (χ2v) is 7.26. The number of benzene rings is 2. The van der Waals surface area contributed by atoms with E-state index in [-0.39, 0.29) is 42.0 Å². The first-order chi connectivity index (χ1) is 14.6. The van der Waals surface area contributed by atoms with Gasteiger partial charge in [0.1, 0.15) is 0 Å². The van der Waals surface area contributed by atoms with Crippen LogP contribution in [0.1, 0.15) is 51.1 Å². The van der Waals surface area contributed by atoms with Gasteiger partial charge in [0.15, 0.2) is 11.6 Å². The fraction of sp³-hybridized carbons (Fsp3) is 0.348. The lowest BCUT2D eigenvalue weighted by molar-refractivity contribution is -0.115. The molecule has 1 amide bonds. The number of hydrogen-bond donors (Lipinski definition) is 4. The maximum absolute atomic E-state index is 13.0. The number of nitrogens with one attached hydrogen (secondary N) is 3. The molecule has 0 unspecified atom stereocenters. The van der Waals surface area contributed by atoms with Gasteiger partial charge in [-0.2, -0.15) is 0 Å². The van der Waals surface area contributed by atoms with E-state index in [4.69, 9.17) is 5.73 Å². The van der Waals surface area contributed by atoms with Crippen molar-refractivity contribution in [3.05, 3.63) is 64.7 Å². The summed E-state index contributed by atoms with van der Waals surface area (Å²) in [5, 5.41) is 9.21. The predicted molar refractivity (Wildman–Crippen MR) is 124 cm³/mol. The van der Waals surface area contributed by atoms with Crippen LogP contribution < -0.4 is 21.7 Å². The zero-order valence-corrected chi connectivity index (χ0v) is 18.2. The van der Waals surface area contributed by atoms with Crippen LogP contribution in [0.15, 0.2) is 42.5 Å². The van der Waals surface area contributed by atoms with Crippen molar-refractivity contribution in [3.8, 4) is 0 Å². The molecule has 0 spiro atoms. The highest BCUT2D eigenvalue weighted by atomic mass is 35.5. The number of unbranched alkanes of at least 4 members (excludes halogenated alkanes) is 1. The van der Waals surface area contributed by atoms with Crippen molar-refractivity contribution in [3.63, 3.8) is 0 Å². The molecule has 166 valence electrons. The van der Waals surface area contributed by atoms with Crippen LogP contribution in [0.2, 0.25) is 0 Å². The van der Waals surface area contributed by atoms with E-state index in [0.29, 0.717) is 28.9 Å². The molecular weight excluding hydrogens is 416 g/mol. The van der Waals surface area contributed by atoms with E-state index in [1.54, 1.807) is 42.5 Å². The number of ketones is 2. The number of nitrogens with two attached hydrogens (primary N) is 1. The smallest absolute Gasteiger partial charge is 0.238 e. The summed E-state index contributed by atoms with van der Waals surface area (Å²) in [5.74, 6) is -0.690. The molecule has 3 rings (SSSR count). The number of hydrogen-bond acceptors (Lipinski definition) is 6. The van der Waals surface area contributed by atoms with E-state index in [0.717, 1.165) is 38.9 Å². The molecule has 7 nitrogen and oxygen atoms in total. The van der Waals surface area contributed by atoms with Crippen LogP contribution in [-0.4, -0.2) is 50.2 Å². The summed E-state index contributed by atoms with van der Waals surface area (Å²) in [6, 6.07) is 11.7. The third-order valence-corrected chi connectivity index (χ3v) is 5.03. The largest absolute Gasteiger partial charge is 0.330 e. The second-order valence-electron chi connectivity index (χ2n) is 7.26. The van der Waals surface area contributed by atoms with E-state index in [9.17, 15) is 14.4 Å². The number of rotatable bonds is 11. The Labute approximate surface area is 188 Å². The highest BCUT2D eigenvalue weighted by molar-refractivity contribution is 6.30. The molecular formula is C23H29ClN4O3. The van der Waals surface area contributed by atoms with Crippen molar-refractivity contribution in [2.75, 3.05) is 38.0 Å². The van der Waals surface area contributed by atoms with E-state index in [1.807, 2.05) is 0 Å². The molecule has 0 heterocycles. The summed E-state index contributed by atoms with van der Waals surface area (Å²) in [5.41, 5.74) is 7.17. The standard InChI is InChI=1S/C23H28N4O3.ClH/c24-11-6-14-25-12-3-4-13-26-15-20(28)27-19-10-5-9-18-21(19)23(30)17-8-2-1-7-16(17)22(18)29;/h1-2,5,7-10,25-26H,3-4,6,11-15,24H2,(H,27,28);1H. The van der Waals surface area contributed by atoms with Gasteiger partial charge < -0.3 is 21.7 Å². The first kappa shape index (κ1) is 24.7. The maximum atomic E-state index is 13.0. The Morgan fingerprint density at radius 3 is 2.10 bits per heavy atom. The molecule has 31 heavy (non-hydrogen) atoms. The summed E-state index contributed by atoms with van der Waals surface area (Å²) in [4.78, 5) is 38.1. The Morgan fingerprint density at radius 2 is 1.39 bits per heavy atom. The van der Waals surface area contributed by atoms with Gasteiger partial charge in [0.05, 0.1) is 17.8 Å². The Morgan fingerprint density at radius 1 is 0.774 bits per heavy atom. The molecule has 2 aromatic rings. The monoisotopic (exact) mass is 444 g/mol. The number of anilines is 1. The van der Waals surface area contributed by atoms with Crippen molar-refractivity contribution in [2.24, 2.45) is 5.73 Å². The Bertz CT molecular complexity index is 933. The fourth-order valence-corrected chi connectivity index (χ4v) is 3.50. The number of halogens is 1. The molecule has 1 aliphatic rings. The number of fused-ring (bicyclic) bond motifs is 2. The lowest BCUT2D eigenvalue weighted by Gasteiger charge is -2.20. The summed E-state index contributed by atoms with van der Waals surface area (Å²) >= 11 is 0. The van der Waals surface area contributed by atoms with Crippen LogP contribution >= 0.6 is 12.4 Å². The number of amides is 1. The van der Waals surface area contributed by atoms with E-state index < -0.39 is 0 Å². The lowest BCUT2D eigenvalue weighted by atomic mass is 9.83. The third-order valence-electron chi connectivity index (χ3n) is 5.03. The Kier molecular flexibility index (Phi) is 9.81. The van der Waals surface area contributed by atoms with E-state index in [2.05, 4.69) is 16.0 Å². The number of carbonyl (C=O) groups excluding carboxylic acids is 3. The molecule has 0 aliphatic heterocycles. The molecule has 0 fully saturated rings. The van der Waals surface area contributed by atoms with Crippen molar-refractivity contribution >= 4 is 35.6 Å². The molecule has 0 saturated carbocycles. The van der Waals surface area contributed by atoms with Gasteiger partial charge in [-0.05, 0) is 51.5 Å². The van der Waals surface area contributed by atoms with Crippen molar-refractivity contribution in [1.29, 1.82) is 0 Å². The SMILES string of the molecule is Cl.NCCCNCCCCNCC(=O)Nc1cccc2c1C(=O)c1ccccc1C2=O. The summed E-state index contributed by atoms with van der Waals surface area (Å²) in [7, 11) is 0. The van der Waals surface area contributed by atoms with Crippen LogP contribution in [0.3, 0.4) is 0 Å². The van der Waals surface area contributed by atoms with Gasteiger partial charge in [0.2, 0.25) is 5.91 Å². The van der Waals surface area contributed by atoms with Crippen molar-refractivity contribution < 1.29 is 14.4 Å². The lowest BCUT2D eigenvalue weighted by Crippen LogP contribution is -2.30. The van der Waals surface area contributed by atoms with Gasteiger partial charge in [0, 0.05) is 16.7 Å². The molecule has 5 N–H and O–H groups in total. The van der Waals surface area contributed by atoms with E-state index >= 15 is 0 Å². The van der Waals surface area contributed by atoms with Gasteiger partial charge >= 0.3 is 0 Å². The zero-order valence-electron chi connectivity index (χ0n) is 17.4. The molecule has 8 heteroatoms. The van der Waals surface area contributed by atoms with Gasteiger partial charge in [-0.1, -0.05) is 36.4 Å². The average Bonchev–Trinajstić information content (AvgIpc) is 2.76. The van der Waals surface area contributed by atoms with Crippen LogP contribution in [0.25, 0.3) is 0 Å². The van der Waals surface area contributed by atoms with E-state index in [1.165, 1.54) is 0 Å². The normalized spacial score (nSPS) is 12.0. The highest BCUT2D eigenvalue weighted by Crippen LogP contribution is 2.31. The van der Waals surface area contributed by atoms with Gasteiger partial charge in [-0.15, -0.1) is 12.4 Å². The minimum Gasteiger partial charge on any atom is -0.330 e. The summed E-state index contributed by atoms with van der Waals surface area (Å²) in [6.07, 6.45) is 2.94. The average molecular weight is 445 g/mol. The topological polar surface area (TPSA) is 113 Å². The van der Waals surface area contributed by atoms with Crippen molar-refractivity contribution in [2.45, 2.75) is 19.3 Å². The first-order valence-electron chi connectivity index (χ1n) is 10.4. The first-order valence-corrected chi connectivity index (χ1v) is 10.4.